The Bertz CT molecular complexity index is 791. The first-order valence-electron chi connectivity index (χ1n) is 14.2. The van der Waals surface area contributed by atoms with Crippen LogP contribution in [0.25, 0.3) is 0 Å². The first-order chi connectivity index (χ1) is 15.8. The van der Waals surface area contributed by atoms with Crippen molar-refractivity contribution in [2.24, 2.45) is 46.3 Å². The number of aliphatic hydroxyl groups excluding tert-OH is 2. The zero-order valence-corrected chi connectivity index (χ0v) is 21.4. The molecule has 0 spiro atoms. The number of hydrogen-bond donors (Lipinski definition) is 2. The Labute approximate surface area is 202 Å². The summed E-state index contributed by atoms with van der Waals surface area (Å²) in [5.41, 5.74) is 2.19. The molecular weight excluding hydrogens is 404 g/mol. The Hall–Kier alpha value is -0.860. The Kier molecular flexibility index (Phi) is 6.73. The van der Waals surface area contributed by atoms with Gasteiger partial charge in [-0.25, -0.2) is 0 Å². The summed E-state index contributed by atoms with van der Waals surface area (Å²) in [4.78, 5) is 0. The van der Waals surface area contributed by atoms with E-state index in [-0.39, 0.29) is 17.6 Å². The molecule has 0 saturated heterocycles. The summed E-state index contributed by atoms with van der Waals surface area (Å²) in [6.45, 7) is 7.66. The van der Waals surface area contributed by atoms with Crippen LogP contribution in [0.15, 0.2) is 30.3 Å². The molecular formula is C31H48O2. The van der Waals surface area contributed by atoms with Crippen molar-refractivity contribution >= 4 is 0 Å². The highest BCUT2D eigenvalue weighted by atomic mass is 16.3. The minimum Gasteiger partial charge on any atom is -0.393 e. The second-order valence-corrected chi connectivity index (χ2v) is 13.2. The van der Waals surface area contributed by atoms with Crippen LogP contribution in [0.2, 0.25) is 0 Å². The second-order valence-electron chi connectivity index (χ2n) is 13.2. The van der Waals surface area contributed by atoms with Crippen molar-refractivity contribution in [2.75, 3.05) is 0 Å². The minimum atomic E-state index is -0.206. The molecule has 10 atom stereocenters. The third-order valence-electron chi connectivity index (χ3n) is 11.6. The number of hydrogen-bond acceptors (Lipinski definition) is 2. The van der Waals surface area contributed by atoms with Crippen LogP contribution in [-0.4, -0.2) is 22.4 Å². The minimum absolute atomic E-state index is 0.193. The van der Waals surface area contributed by atoms with Gasteiger partial charge in [-0.15, -0.1) is 0 Å². The van der Waals surface area contributed by atoms with Gasteiger partial charge in [0, 0.05) is 0 Å². The zero-order valence-electron chi connectivity index (χ0n) is 21.4. The molecule has 5 rings (SSSR count). The van der Waals surface area contributed by atoms with E-state index in [0.29, 0.717) is 17.3 Å². The predicted octanol–water partition coefficient (Wildman–Crippen LogP) is 7.03. The smallest absolute Gasteiger partial charge is 0.0577 e. The number of aliphatic hydroxyl groups is 2. The summed E-state index contributed by atoms with van der Waals surface area (Å²) < 4.78 is 0. The molecule has 1 aromatic carbocycles. The normalized spacial score (nSPS) is 45.7. The fourth-order valence-corrected chi connectivity index (χ4v) is 9.89. The standard InChI is InChI=1S/C31H48O2/c1-21(9-7-8-12-22-10-5-4-6-11-22)25-13-14-26-24-20-29(33)28-19-23(32)15-17-31(28,3)27(24)16-18-30(25,26)2/h4-6,10-11,21,23-29,32-33H,7-9,12-20H2,1-3H3/t21-,23-,24?,25-,26?,27?,28+,29+,30-,31-/m1/s1. The van der Waals surface area contributed by atoms with Gasteiger partial charge in [0.25, 0.3) is 0 Å². The lowest BCUT2D eigenvalue weighted by Gasteiger charge is -2.62. The Balaban J connectivity index is 1.22. The summed E-state index contributed by atoms with van der Waals surface area (Å²) in [6, 6.07) is 11.0. The topological polar surface area (TPSA) is 40.5 Å². The summed E-state index contributed by atoms with van der Waals surface area (Å²) in [7, 11) is 0. The van der Waals surface area contributed by atoms with Crippen LogP contribution >= 0.6 is 0 Å². The van der Waals surface area contributed by atoms with Gasteiger partial charge in [-0.3, -0.25) is 0 Å². The number of aryl methyl sites for hydroxylation is 1. The first-order valence-corrected chi connectivity index (χ1v) is 14.2. The van der Waals surface area contributed by atoms with Crippen molar-refractivity contribution < 1.29 is 10.2 Å². The van der Waals surface area contributed by atoms with E-state index in [0.717, 1.165) is 49.4 Å². The summed E-state index contributed by atoms with van der Waals surface area (Å²) in [5, 5.41) is 21.5. The van der Waals surface area contributed by atoms with E-state index in [1.54, 1.807) is 0 Å². The maximum Gasteiger partial charge on any atom is 0.0577 e. The molecule has 4 fully saturated rings. The van der Waals surface area contributed by atoms with Gasteiger partial charge in [0.2, 0.25) is 0 Å². The molecule has 3 unspecified atom stereocenters. The highest BCUT2D eigenvalue weighted by Gasteiger charge is 2.62. The van der Waals surface area contributed by atoms with Gasteiger partial charge in [0.1, 0.15) is 0 Å². The highest BCUT2D eigenvalue weighted by Crippen LogP contribution is 2.68. The van der Waals surface area contributed by atoms with Crippen molar-refractivity contribution in [1.82, 2.24) is 0 Å². The van der Waals surface area contributed by atoms with E-state index in [1.165, 1.54) is 56.9 Å². The third-order valence-corrected chi connectivity index (χ3v) is 11.6. The van der Waals surface area contributed by atoms with Crippen LogP contribution in [0.3, 0.4) is 0 Å². The zero-order chi connectivity index (χ0) is 23.2. The van der Waals surface area contributed by atoms with Gasteiger partial charge in [-0.2, -0.15) is 0 Å². The lowest BCUT2D eigenvalue weighted by Crippen LogP contribution is -2.58. The lowest BCUT2D eigenvalue weighted by molar-refractivity contribution is -0.172. The molecule has 33 heavy (non-hydrogen) atoms. The van der Waals surface area contributed by atoms with Gasteiger partial charge < -0.3 is 10.2 Å². The van der Waals surface area contributed by atoms with Crippen molar-refractivity contribution in [3.63, 3.8) is 0 Å². The predicted molar refractivity (Wildman–Crippen MR) is 136 cm³/mol. The molecule has 184 valence electrons. The van der Waals surface area contributed by atoms with Crippen LogP contribution in [0.1, 0.15) is 97.0 Å². The average molecular weight is 453 g/mol. The SMILES string of the molecule is C[C@H](CCCCc1ccccc1)[C@H]1CCC2C3C[C@H](O)[C@@H]4C[C@H](O)CC[C@]4(C)C3CC[C@@]21C. The van der Waals surface area contributed by atoms with E-state index in [2.05, 4.69) is 51.1 Å². The summed E-state index contributed by atoms with van der Waals surface area (Å²) >= 11 is 0. The molecule has 2 heteroatoms. The Morgan fingerprint density at radius 2 is 1.58 bits per heavy atom. The molecule has 4 aliphatic rings. The number of benzene rings is 1. The number of fused-ring (bicyclic) bond motifs is 5. The van der Waals surface area contributed by atoms with Crippen LogP contribution in [0, 0.1) is 46.3 Å². The summed E-state index contributed by atoms with van der Waals surface area (Å²) in [5.74, 6) is 4.24. The summed E-state index contributed by atoms with van der Waals surface area (Å²) in [6.07, 6.45) is 14.2. The van der Waals surface area contributed by atoms with Crippen LogP contribution in [-0.2, 0) is 6.42 Å². The lowest BCUT2D eigenvalue weighted by atomic mass is 9.44. The maximum atomic E-state index is 11.2. The first kappa shape index (κ1) is 23.9. The number of rotatable bonds is 6. The number of unbranched alkanes of at least 4 members (excludes halogenated alkanes) is 1. The van der Waals surface area contributed by atoms with Crippen LogP contribution < -0.4 is 0 Å². The molecule has 0 aromatic heterocycles. The van der Waals surface area contributed by atoms with E-state index >= 15 is 0 Å². The molecule has 2 N–H and O–H groups in total. The molecule has 0 radical (unpaired) electrons. The van der Waals surface area contributed by atoms with Gasteiger partial charge in [-0.1, -0.05) is 63.9 Å². The van der Waals surface area contributed by atoms with Crippen molar-refractivity contribution in [3.8, 4) is 0 Å². The van der Waals surface area contributed by atoms with Gasteiger partial charge >= 0.3 is 0 Å². The monoisotopic (exact) mass is 452 g/mol. The average Bonchev–Trinajstić information content (AvgIpc) is 3.16. The highest BCUT2D eigenvalue weighted by molar-refractivity contribution is 5.14. The quantitative estimate of drug-likeness (QED) is 0.455. The fourth-order valence-electron chi connectivity index (χ4n) is 9.89. The Morgan fingerprint density at radius 1 is 0.848 bits per heavy atom. The molecule has 4 saturated carbocycles. The van der Waals surface area contributed by atoms with Gasteiger partial charge in [0.15, 0.2) is 0 Å². The van der Waals surface area contributed by atoms with Crippen LogP contribution in [0.5, 0.6) is 0 Å². The maximum absolute atomic E-state index is 11.2. The van der Waals surface area contributed by atoms with Gasteiger partial charge in [0.05, 0.1) is 12.2 Å². The molecule has 2 nitrogen and oxygen atoms in total. The molecule has 0 bridgehead atoms. The molecule has 1 aromatic rings. The van der Waals surface area contributed by atoms with E-state index < -0.39 is 0 Å². The van der Waals surface area contributed by atoms with E-state index in [9.17, 15) is 10.2 Å². The molecule has 4 aliphatic carbocycles. The second kappa shape index (κ2) is 9.30. The van der Waals surface area contributed by atoms with Gasteiger partial charge in [-0.05, 0) is 116 Å². The van der Waals surface area contributed by atoms with Crippen molar-refractivity contribution in [3.05, 3.63) is 35.9 Å². The van der Waals surface area contributed by atoms with Crippen LogP contribution in [0.4, 0.5) is 0 Å². The Morgan fingerprint density at radius 3 is 2.36 bits per heavy atom. The largest absolute Gasteiger partial charge is 0.393 e. The molecule has 0 amide bonds. The molecule has 0 aliphatic heterocycles. The van der Waals surface area contributed by atoms with E-state index in [1.807, 2.05) is 0 Å². The molecule has 0 heterocycles. The fraction of sp³-hybridized carbons (Fsp3) is 0.806. The third kappa shape index (κ3) is 4.22. The van der Waals surface area contributed by atoms with Crippen molar-refractivity contribution in [2.45, 2.75) is 110 Å². The van der Waals surface area contributed by atoms with Crippen molar-refractivity contribution in [1.29, 1.82) is 0 Å². The van der Waals surface area contributed by atoms with E-state index in [4.69, 9.17) is 0 Å².